The summed E-state index contributed by atoms with van der Waals surface area (Å²) in [7, 11) is -4.78. The van der Waals surface area contributed by atoms with E-state index in [9.17, 15) is 28.9 Å². The number of hydrogen-bond donors (Lipinski definition) is 2. The van der Waals surface area contributed by atoms with Crippen LogP contribution in [0.15, 0.2) is 109 Å². The number of aliphatic hydroxyl groups is 1. The highest BCUT2D eigenvalue weighted by Gasteiger charge is 2.28. The molecule has 2 N–H and O–H groups in total. The van der Waals surface area contributed by atoms with Crippen LogP contribution in [-0.4, -0.2) is 66.5 Å². The summed E-state index contributed by atoms with van der Waals surface area (Å²) in [5.74, 6) is -1.58. The number of ether oxygens (including phenoxy) is 3. The summed E-state index contributed by atoms with van der Waals surface area (Å²) in [6.07, 6.45) is 74.8. The van der Waals surface area contributed by atoms with Gasteiger partial charge in [-0.25, -0.2) is 4.57 Å². The molecule has 458 valence electrons. The summed E-state index contributed by atoms with van der Waals surface area (Å²) in [4.78, 5) is 48.7. The van der Waals surface area contributed by atoms with Crippen molar-refractivity contribution < 1.29 is 52.2 Å². The Labute approximate surface area is 488 Å². The zero-order valence-electron chi connectivity index (χ0n) is 50.8. The second-order valence-electron chi connectivity index (χ2n) is 20.8. The molecule has 0 aliphatic rings. The molecule has 0 fully saturated rings. The first-order valence-corrected chi connectivity index (χ1v) is 33.3. The maximum Gasteiger partial charge on any atom is 0.472 e. The number of aliphatic hydroxyl groups excluding tert-OH is 1. The van der Waals surface area contributed by atoms with E-state index < -0.39 is 57.8 Å². The van der Waals surface area contributed by atoms with E-state index in [0.29, 0.717) is 25.7 Å². The van der Waals surface area contributed by atoms with Crippen molar-refractivity contribution in [2.24, 2.45) is 0 Å². The van der Waals surface area contributed by atoms with Gasteiger partial charge < -0.3 is 24.2 Å². The van der Waals surface area contributed by atoms with Crippen LogP contribution in [0.2, 0.25) is 0 Å². The fourth-order valence-electron chi connectivity index (χ4n) is 8.46. The number of carbonyl (C=O) groups is 3. The molecular weight excluding hydrogens is 1020 g/mol. The Balaban J connectivity index is 4.81. The van der Waals surface area contributed by atoms with Crippen molar-refractivity contribution in [3.05, 3.63) is 109 Å². The summed E-state index contributed by atoms with van der Waals surface area (Å²) in [6.45, 7) is 4.36. The molecule has 0 radical (unpaired) electrons. The lowest BCUT2D eigenvalue weighted by Crippen LogP contribution is -2.30. The van der Waals surface area contributed by atoms with Crippen molar-refractivity contribution in [2.75, 3.05) is 26.4 Å². The van der Waals surface area contributed by atoms with Crippen LogP contribution in [0, 0.1) is 0 Å². The summed E-state index contributed by atoms with van der Waals surface area (Å²) < 4.78 is 39.6. The Kier molecular flexibility index (Phi) is 58.3. The summed E-state index contributed by atoms with van der Waals surface area (Å²) >= 11 is 0. The molecule has 0 heterocycles. The third-order valence-electron chi connectivity index (χ3n) is 13.2. The van der Waals surface area contributed by atoms with Crippen molar-refractivity contribution in [3.63, 3.8) is 0 Å². The Morgan fingerprint density at radius 2 is 0.675 bits per heavy atom. The van der Waals surface area contributed by atoms with Gasteiger partial charge in [0.1, 0.15) is 12.7 Å². The molecule has 0 rings (SSSR count). The van der Waals surface area contributed by atoms with Crippen LogP contribution >= 0.6 is 7.82 Å². The Hall–Kier alpha value is -3.86. The molecule has 0 saturated carbocycles. The van der Waals surface area contributed by atoms with Crippen molar-refractivity contribution in [1.29, 1.82) is 0 Å². The predicted molar refractivity (Wildman–Crippen MR) is 334 cm³/mol. The lowest BCUT2D eigenvalue weighted by molar-refractivity contribution is -0.161. The van der Waals surface area contributed by atoms with Crippen molar-refractivity contribution in [3.8, 4) is 0 Å². The highest BCUT2D eigenvalue weighted by molar-refractivity contribution is 7.47. The average Bonchev–Trinajstić information content (AvgIpc) is 3.45. The summed E-state index contributed by atoms with van der Waals surface area (Å²) in [6, 6.07) is 0. The number of phosphoric acid groups is 1. The molecular formula is C68H115O11P. The number of esters is 3. The number of rotatable bonds is 58. The fraction of sp³-hybridized carbons (Fsp3) is 0.691. The number of unbranched alkanes of at least 4 members (excludes halogenated alkanes) is 23. The molecule has 0 aromatic rings. The van der Waals surface area contributed by atoms with E-state index in [1.54, 1.807) is 0 Å². The largest absolute Gasteiger partial charge is 0.472 e. The lowest BCUT2D eigenvalue weighted by Gasteiger charge is -2.21. The minimum absolute atomic E-state index is 0.0364. The molecule has 0 aliphatic heterocycles. The third-order valence-corrected chi connectivity index (χ3v) is 14.2. The minimum atomic E-state index is -4.78. The maximum absolute atomic E-state index is 12.9. The smallest absolute Gasteiger partial charge is 0.462 e. The van der Waals surface area contributed by atoms with Crippen LogP contribution < -0.4 is 0 Å². The number of phosphoric ester groups is 1. The third kappa shape index (κ3) is 58.8. The number of hydrogen-bond acceptors (Lipinski definition) is 10. The Morgan fingerprint density at radius 1 is 0.362 bits per heavy atom. The van der Waals surface area contributed by atoms with Gasteiger partial charge in [0.15, 0.2) is 6.10 Å². The molecule has 0 bridgehead atoms. The van der Waals surface area contributed by atoms with Crippen LogP contribution in [0.4, 0.5) is 0 Å². The van der Waals surface area contributed by atoms with E-state index in [4.69, 9.17) is 23.3 Å². The topological polar surface area (TPSA) is 155 Å². The first-order valence-electron chi connectivity index (χ1n) is 31.8. The quantitative estimate of drug-likeness (QED) is 0.0197. The molecule has 12 heteroatoms. The molecule has 0 aromatic carbocycles. The normalized spacial score (nSPS) is 14.0. The van der Waals surface area contributed by atoms with E-state index in [-0.39, 0.29) is 25.9 Å². The second-order valence-corrected chi connectivity index (χ2v) is 22.3. The molecule has 0 amide bonds. The van der Waals surface area contributed by atoms with Gasteiger partial charge in [-0.05, 0) is 89.9 Å². The van der Waals surface area contributed by atoms with Crippen LogP contribution in [0.3, 0.4) is 0 Å². The molecule has 0 aromatic heterocycles. The predicted octanol–water partition coefficient (Wildman–Crippen LogP) is 19.4. The van der Waals surface area contributed by atoms with Gasteiger partial charge in [-0.15, -0.1) is 0 Å². The monoisotopic (exact) mass is 1140 g/mol. The zero-order valence-corrected chi connectivity index (χ0v) is 51.7. The summed E-state index contributed by atoms with van der Waals surface area (Å²) in [5.41, 5.74) is 0. The average molecular weight is 1140 g/mol. The minimum Gasteiger partial charge on any atom is -0.462 e. The molecule has 0 spiro atoms. The maximum atomic E-state index is 12.9. The van der Waals surface area contributed by atoms with Gasteiger partial charge >= 0.3 is 25.7 Å². The molecule has 0 saturated heterocycles. The fourth-order valence-corrected chi connectivity index (χ4v) is 9.24. The van der Waals surface area contributed by atoms with Gasteiger partial charge in [0, 0.05) is 19.3 Å². The molecule has 0 aliphatic carbocycles. The molecule has 3 unspecified atom stereocenters. The number of carbonyl (C=O) groups excluding carboxylic acids is 3. The second kappa shape index (κ2) is 61.2. The SMILES string of the molecule is CC/C=C\C/C=C\C/C=C\C/C=C\C/C=C\C/C=C\CCC(=O)OC(COC(=O)CCCCCCCCC/C=C\C/C=C\C/C=C\CC)COP(=O)(O)OCC(CO)OC(=O)CCCCCCCCCCCCCCCCCCC. The van der Waals surface area contributed by atoms with E-state index in [0.717, 1.165) is 103 Å². The van der Waals surface area contributed by atoms with E-state index in [2.05, 4.69) is 118 Å². The van der Waals surface area contributed by atoms with Crippen LogP contribution in [0.25, 0.3) is 0 Å². The standard InChI is InChI=1S/C68H115O11P/c1-4-7-10-13-16-19-22-25-28-31-32-35-38-41-44-47-50-53-56-59-68(72)79-65(61-75-66(70)57-54-51-48-45-42-39-36-33-29-26-23-20-17-14-11-8-5-2)63-77-80(73,74)76-62-64(60-69)78-67(71)58-55-52-49-46-43-40-37-34-30-27-24-21-18-15-12-9-6-3/h7-8,10-11,16-17,19-20,25-26,28-29,32,35,41,44,50,53,64-65,69H,4-6,9,12-15,18,21-24,27,30-31,33-34,36-40,42-43,45-49,51-52,54-63H2,1-3H3,(H,73,74)/b10-7-,11-8-,19-16-,20-17-,28-25-,29-26-,35-32-,44-41-,53-50-. The van der Waals surface area contributed by atoms with E-state index >= 15 is 0 Å². The van der Waals surface area contributed by atoms with Gasteiger partial charge in [0.05, 0.1) is 19.8 Å². The Morgan fingerprint density at radius 3 is 1.07 bits per heavy atom. The molecule has 80 heavy (non-hydrogen) atoms. The van der Waals surface area contributed by atoms with Crippen molar-refractivity contribution in [2.45, 2.75) is 277 Å². The van der Waals surface area contributed by atoms with Crippen LogP contribution in [-0.2, 0) is 42.2 Å². The van der Waals surface area contributed by atoms with Gasteiger partial charge in [-0.3, -0.25) is 23.4 Å². The highest BCUT2D eigenvalue weighted by atomic mass is 31.2. The Bertz CT molecular complexity index is 1760. The van der Waals surface area contributed by atoms with Crippen LogP contribution in [0.5, 0.6) is 0 Å². The first-order chi connectivity index (χ1) is 39.2. The van der Waals surface area contributed by atoms with E-state index in [1.807, 2.05) is 12.2 Å². The zero-order chi connectivity index (χ0) is 58.3. The highest BCUT2D eigenvalue weighted by Crippen LogP contribution is 2.43. The molecule has 11 nitrogen and oxygen atoms in total. The van der Waals surface area contributed by atoms with Crippen LogP contribution in [0.1, 0.15) is 265 Å². The first kappa shape index (κ1) is 76.1. The van der Waals surface area contributed by atoms with Gasteiger partial charge in [-0.2, -0.15) is 0 Å². The van der Waals surface area contributed by atoms with Gasteiger partial charge in [-0.1, -0.05) is 265 Å². The van der Waals surface area contributed by atoms with Crippen molar-refractivity contribution >= 4 is 25.7 Å². The van der Waals surface area contributed by atoms with Gasteiger partial charge in [0.25, 0.3) is 0 Å². The van der Waals surface area contributed by atoms with Gasteiger partial charge in [0.2, 0.25) is 0 Å². The number of allylic oxidation sites excluding steroid dienone is 18. The lowest BCUT2D eigenvalue weighted by atomic mass is 10.0. The molecule has 3 atom stereocenters. The van der Waals surface area contributed by atoms with E-state index in [1.165, 1.54) is 96.3 Å². The van der Waals surface area contributed by atoms with Crippen molar-refractivity contribution in [1.82, 2.24) is 0 Å². The summed E-state index contributed by atoms with van der Waals surface area (Å²) in [5, 5.41) is 9.85.